The molecule has 2 aromatic rings. The van der Waals surface area contributed by atoms with Crippen molar-refractivity contribution < 1.29 is 4.42 Å². The summed E-state index contributed by atoms with van der Waals surface area (Å²) < 4.78 is 6.38. The molecule has 0 spiro atoms. The van der Waals surface area contributed by atoms with E-state index in [1.807, 2.05) is 31.2 Å². The number of nitrogens with two attached hydrogens (primary N) is 1. The van der Waals surface area contributed by atoms with Crippen LogP contribution in [0, 0.1) is 6.92 Å². The molecule has 1 unspecified atom stereocenters. The van der Waals surface area contributed by atoms with Crippen LogP contribution in [0.1, 0.15) is 22.9 Å². The summed E-state index contributed by atoms with van der Waals surface area (Å²) >= 11 is 3.54. The summed E-state index contributed by atoms with van der Waals surface area (Å²) in [6.07, 6.45) is 1.64. The molecule has 1 aromatic carbocycles. The molecule has 3 nitrogen and oxygen atoms in total. The van der Waals surface area contributed by atoms with Crippen molar-refractivity contribution in [3.05, 3.63) is 58.0 Å². The zero-order chi connectivity index (χ0) is 11.5. The van der Waals surface area contributed by atoms with Gasteiger partial charge in [-0.15, -0.1) is 0 Å². The van der Waals surface area contributed by atoms with E-state index in [2.05, 4.69) is 27.4 Å². The van der Waals surface area contributed by atoms with Crippen LogP contribution in [0.15, 0.2) is 45.5 Å². The summed E-state index contributed by atoms with van der Waals surface area (Å²) in [5, 5.41) is 0. The Balaban J connectivity index is 2.41. The molecule has 0 amide bonds. The Kier molecular flexibility index (Phi) is 3.43. The molecular weight excluding hydrogens is 268 g/mol. The molecule has 3 N–H and O–H groups in total. The van der Waals surface area contributed by atoms with Crippen LogP contribution >= 0.6 is 15.9 Å². The zero-order valence-corrected chi connectivity index (χ0v) is 10.5. The first-order valence-electron chi connectivity index (χ1n) is 4.98. The fourth-order valence-corrected chi connectivity index (χ4v) is 2.37. The van der Waals surface area contributed by atoms with E-state index >= 15 is 0 Å². The Morgan fingerprint density at radius 3 is 2.75 bits per heavy atom. The summed E-state index contributed by atoms with van der Waals surface area (Å²) in [6.45, 7) is 2.05. The van der Waals surface area contributed by atoms with Gasteiger partial charge in [-0.1, -0.05) is 28.1 Å². The SMILES string of the molecule is Cc1ccc(C(NN)c2ccco2)c(Br)c1. The number of hydrazine groups is 1. The molecule has 0 radical (unpaired) electrons. The molecule has 1 heterocycles. The van der Waals surface area contributed by atoms with Gasteiger partial charge in [0.1, 0.15) is 11.8 Å². The minimum atomic E-state index is -0.134. The number of nitrogens with one attached hydrogen (secondary N) is 1. The molecule has 84 valence electrons. The maximum absolute atomic E-state index is 5.57. The number of hydrogen-bond donors (Lipinski definition) is 2. The van der Waals surface area contributed by atoms with Crippen LogP contribution < -0.4 is 11.3 Å². The molecule has 2 rings (SSSR count). The second-order valence-electron chi connectivity index (χ2n) is 3.64. The lowest BCUT2D eigenvalue weighted by Gasteiger charge is -2.15. The van der Waals surface area contributed by atoms with Crippen molar-refractivity contribution in [1.29, 1.82) is 0 Å². The molecule has 0 aliphatic rings. The fourth-order valence-electron chi connectivity index (χ4n) is 1.65. The monoisotopic (exact) mass is 280 g/mol. The predicted molar refractivity (Wildman–Crippen MR) is 66.8 cm³/mol. The van der Waals surface area contributed by atoms with E-state index in [1.165, 1.54) is 5.56 Å². The van der Waals surface area contributed by atoms with Crippen LogP contribution in [0.3, 0.4) is 0 Å². The molecule has 0 aliphatic carbocycles. The maximum Gasteiger partial charge on any atom is 0.126 e. The number of hydrogen-bond acceptors (Lipinski definition) is 3. The van der Waals surface area contributed by atoms with E-state index in [1.54, 1.807) is 6.26 Å². The van der Waals surface area contributed by atoms with Gasteiger partial charge in [-0.3, -0.25) is 5.84 Å². The standard InChI is InChI=1S/C12H13BrN2O/c1-8-4-5-9(10(13)7-8)12(15-14)11-3-2-6-16-11/h2-7,12,15H,14H2,1H3. The largest absolute Gasteiger partial charge is 0.467 e. The van der Waals surface area contributed by atoms with Gasteiger partial charge in [0.15, 0.2) is 0 Å². The minimum absolute atomic E-state index is 0.134. The van der Waals surface area contributed by atoms with E-state index in [0.29, 0.717) is 0 Å². The van der Waals surface area contributed by atoms with Gasteiger partial charge in [-0.2, -0.15) is 0 Å². The van der Waals surface area contributed by atoms with Gasteiger partial charge < -0.3 is 4.42 Å². The number of rotatable bonds is 3. The molecule has 0 fully saturated rings. The number of furan rings is 1. The molecule has 4 heteroatoms. The molecule has 0 saturated carbocycles. The van der Waals surface area contributed by atoms with Gasteiger partial charge in [-0.25, -0.2) is 5.43 Å². The third-order valence-corrected chi connectivity index (χ3v) is 3.15. The first-order valence-corrected chi connectivity index (χ1v) is 5.77. The van der Waals surface area contributed by atoms with E-state index in [9.17, 15) is 0 Å². The van der Waals surface area contributed by atoms with Crippen LogP contribution in [0.2, 0.25) is 0 Å². The highest BCUT2D eigenvalue weighted by molar-refractivity contribution is 9.10. The van der Waals surface area contributed by atoms with Crippen molar-refractivity contribution in [2.24, 2.45) is 5.84 Å². The summed E-state index contributed by atoms with van der Waals surface area (Å²) in [6, 6.07) is 9.76. The Bertz CT molecular complexity index is 468. The molecule has 0 aliphatic heterocycles. The predicted octanol–water partition coefficient (Wildman–Crippen LogP) is 2.90. The third-order valence-electron chi connectivity index (χ3n) is 2.46. The van der Waals surface area contributed by atoms with Crippen molar-refractivity contribution in [2.45, 2.75) is 13.0 Å². The second kappa shape index (κ2) is 4.82. The topological polar surface area (TPSA) is 51.2 Å². The van der Waals surface area contributed by atoms with Gasteiger partial charge in [0.25, 0.3) is 0 Å². The van der Waals surface area contributed by atoms with E-state index in [-0.39, 0.29) is 6.04 Å². The first kappa shape index (κ1) is 11.4. The molecule has 1 aromatic heterocycles. The van der Waals surface area contributed by atoms with Gasteiger partial charge >= 0.3 is 0 Å². The van der Waals surface area contributed by atoms with Crippen molar-refractivity contribution in [1.82, 2.24) is 5.43 Å². The lowest BCUT2D eigenvalue weighted by Crippen LogP contribution is -2.28. The van der Waals surface area contributed by atoms with E-state index in [0.717, 1.165) is 15.8 Å². The molecule has 0 saturated heterocycles. The number of benzene rings is 1. The van der Waals surface area contributed by atoms with Crippen LogP contribution in [0.25, 0.3) is 0 Å². The second-order valence-corrected chi connectivity index (χ2v) is 4.49. The van der Waals surface area contributed by atoms with E-state index in [4.69, 9.17) is 10.3 Å². The van der Waals surface area contributed by atoms with Gasteiger partial charge in [0.2, 0.25) is 0 Å². The number of halogens is 1. The van der Waals surface area contributed by atoms with Crippen LogP contribution in [0.5, 0.6) is 0 Å². The smallest absolute Gasteiger partial charge is 0.126 e. The highest BCUT2D eigenvalue weighted by Gasteiger charge is 2.17. The summed E-state index contributed by atoms with van der Waals surface area (Å²) in [7, 11) is 0. The average Bonchev–Trinajstić information content (AvgIpc) is 2.75. The highest BCUT2D eigenvalue weighted by Crippen LogP contribution is 2.28. The van der Waals surface area contributed by atoms with Crippen molar-refractivity contribution in [2.75, 3.05) is 0 Å². The van der Waals surface area contributed by atoms with Crippen LogP contribution in [-0.2, 0) is 0 Å². The Morgan fingerprint density at radius 1 is 1.38 bits per heavy atom. The lowest BCUT2D eigenvalue weighted by atomic mass is 10.0. The number of aryl methyl sites for hydroxylation is 1. The normalized spacial score (nSPS) is 12.7. The average molecular weight is 281 g/mol. The minimum Gasteiger partial charge on any atom is -0.467 e. The van der Waals surface area contributed by atoms with Gasteiger partial charge in [0, 0.05) is 4.47 Å². The van der Waals surface area contributed by atoms with E-state index < -0.39 is 0 Å². The van der Waals surface area contributed by atoms with Crippen LogP contribution in [0.4, 0.5) is 0 Å². The molecule has 1 atom stereocenters. The first-order chi connectivity index (χ1) is 7.72. The molecule has 0 bridgehead atoms. The Labute approximate surface area is 103 Å². The third kappa shape index (κ3) is 2.19. The zero-order valence-electron chi connectivity index (χ0n) is 8.91. The van der Waals surface area contributed by atoms with Crippen molar-refractivity contribution in [3.8, 4) is 0 Å². The molecular formula is C12H13BrN2O. The Hall–Kier alpha value is -1.10. The molecule has 16 heavy (non-hydrogen) atoms. The highest BCUT2D eigenvalue weighted by atomic mass is 79.9. The van der Waals surface area contributed by atoms with Crippen LogP contribution in [-0.4, -0.2) is 0 Å². The Morgan fingerprint density at radius 2 is 2.19 bits per heavy atom. The van der Waals surface area contributed by atoms with Crippen molar-refractivity contribution in [3.63, 3.8) is 0 Å². The van der Waals surface area contributed by atoms with Gasteiger partial charge in [0.05, 0.1) is 6.26 Å². The summed E-state index contributed by atoms with van der Waals surface area (Å²) in [5.41, 5.74) is 5.02. The lowest BCUT2D eigenvalue weighted by molar-refractivity contribution is 0.451. The fraction of sp³-hybridized carbons (Fsp3) is 0.167. The summed E-state index contributed by atoms with van der Waals surface area (Å²) in [4.78, 5) is 0. The van der Waals surface area contributed by atoms with Gasteiger partial charge in [-0.05, 0) is 36.2 Å². The summed E-state index contributed by atoms with van der Waals surface area (Å²) in [5.74, 6) is 6.37. The maximum atomic E-state index is 5.57. The van der Waals surface area contributed by atoms with Crippen molar-refractivity contribution >= 4 is 15.9 Å². The quantitative estimate of drug-likeness (QED) is 0.672.